The van der Waals surface area contributed by atoms with Crippen LogP contribution in [0.5, 0.6) is 11.5 Å². The van der Waals surface area contributed by atoms with Crippen LogP contribution < -0.4 is 10.1 Å². The van der Waals surface area contributed by atoms with Crippen molar-refractivity contribution < 1.29 is 9.84 Å². The van der Waals surface area contributed by atoms with Gasteiger partial charge in [0.1, 0.15) is 0 Å². The maximum atomic E-state index is 9.45. The first-order valence-corrected chi connectivity index (χ1v) is 4.29. The molecule has 0 atom stereocenters. The Hall–Kier alpha value is -1.22. The Balaban J connectivity index is 2.85. The summed E-state index contributed by atoms with van der Waals surface area (Å²) in [5.41, 5.74) is 1.02. The molecule has 0 spiro atoms. The fraction of sp³-hybridized carbons (Fsp3) is 0.400. The van der Waals surface area contributed by atoms with Gasteiger partial charge in [-0.3, -0.25) is 0 Å². The zero-order chi connectivity index (χ0) is 9.68. The van der Waals surface area contributed by atoms with E-state index >= 15 is 0 Å². The van der Waals surface area contributed by atoms with Crippen LogP contribution in [0.25, 0.3) is 0 Å². The molecule has 13 heavy (non-hydrogen) atoms. The van der Waals surface area contributed by atoms with Crippen molar-refractivity contribution in [3.8, 4) is 11.5 Å². The fourth-order valence-electron chi connectivity index (χ4n) is 1.26. The van der Waals surface area contributed by atoms with E-state index in [0.29, 0.717) is 5.75 Å². The van der Waals surface area contributed by atoms with Crippen LogP contribution in [0.1, 0.15) is 5.56 Å². The Morgan fingerprint density at radius 2 is 2.23 bits per heavy atom. The molecule has 0 unspecified atom stereocenters. The summed E-state index contributed by atoms with van der Waals surface area (Å²) in [6.45, 7) is 0.875. The van der Waals surface area contributed by atoms with E-state index in [0.717, 1.165) is 18.5 Å². The lowest BCUT2D eigenvalue weighted by Gasteiger charge is -2.09. The van der Waals surface area contributed by atoms with Crippen molar-refractivity contribution in [1.29, 1.82) is 0 Å². The van der Waals surface area contributed by atoms with E-state index in [1.54, 1.807) is 13.2 Å². The van der Waals surface area contributed by atoms with Gasteiger partial charge in [0.15, 0.2) is 11.5 Å². The Morgan fingerprint density at radius 3 is 2.85 bits per heavy atom. The van der Waals surface area contributed by atoms with Crippen LogP contribution in [0.15, 0.2) is 18.2 Å². The molecule has 0 saturated heterocycles. The molecule has 72 valence electrons. The Labute approximate surface area is 78.3 Å². The molecular formula is C10H15NO2. The van der Waals surface area contributed by atoms with Crippen LogP contribution in [0.2, 0.25) is 0 Å². The number of benzene rings is 1. The molecule has 1 aromatic carbocycles. The van der Waals surface area contributed by atoms with Crippen molar-refractivity contribution in [3.05, 3.63) is 23.8 Å². The minimum atomic E-state index is 0.205. The number of likely N-dealkylation sites (N-methyl/N-ethyl adjacent to an activating group) is 1. The van der Waals surface area contributed by atoms with Crippen LogP contribution in [-0.4, -0.2) is 25.8 Å². The van der Waals surface area contributed by atoms with E-state index in [2.05, 4.69) is 5.32 Å². The van der Waals surface area contributed by atoms with Crippen LogP contribution in [-0.2, 0) is 6.42 Å². The number of para-hydroxylation sites is 1. The molecule has 3 heteroatoms. The van der Waals surface area contributed by atoms with Gasteiger partial charge in [-0.15, -0.1) is 0 Å². The first-order chi connectivity index (χ1) is 6.29. The molecule has 0 aromatic heterocycles. The van der Waals surface area contributed by atoms with Gasteiger partial charge in [0.05, 0.1) is 7.11 Å². The lowest BCUT2D eigenvalue weighted by atomic mass is 10.1. The monoisotopic (exact) mass is 181 g/mol. The van der Waals surface area contributed by atoms with Crippen LogP contribution in [0, 0.1) is 0 Å². The molecule has 0 fully saturated rings. The van der Waals surface area contributed by atoms with Crippen LogP contribution >= 0.6 is 0 Å². The van der Waals surface area contributed by atoms with Gasteiger partial charge in [-0.25, -0.2) is 0 Å². The molecule has 1 rings (SSSR count). The standard InChI is InChI=1S/C10H15NO2/c1-11-7-6-8-4-3-5-9(12)10(8)13-2/h3-5,11-12H,6-7H2,1-2H3. The SMILES string of the molecule is CNCCc1cccc(O)c1OC. The molecule has 0 radical (unpaired) electrons. The molecule has 0 bridgehead atoms. The number of phenolic OH excluding ortho intramolecular Hbond substituents is 1. The summed E-state index contributed by atoms with van der Waals surface area (Å²) in [4.78, 5) is 0. The number of aromatic hydroxyl groups is 1. The van der Waals surface area contributed by atoms with Gasteiger partial charge in [0, 0.05) is 0 Å². The largest absolute Gasteiger partial charge is 0.504 e. The average molecular weight is 181 g/mol. The van der Waals surface area contributed by atoms with Gasteiger partial charge < -0.3 is 15.2 Å². The van der Waals surface area contributed by atoms with Crippen molar-refractivity contribution >= 4 is 0 Å². The third-order valence-corrected chi connectivity index (χ3v) is 1.92. The van der Waals surface area contributed by atoms with E-state index in [-0.39, 0.29) is 5.75 Å². The molecular weight excluding hydrogens is 166 g/mol. The summed E-state index contributed by atoms with van der Waals surface area (Å²) in [6.07, 6.45) is 0.855. The summed E-state index contributed by atoms with van der Waals surface area (Å²) in [7, 11) is 3.47. The summed E-state index contributed by atoms with van der Waals surface area (Å²) in [5, 5.41) is 12.5. The highest BCUT2D eigenvalue weighted by Gasteiger charge is 2.06. The van der Waals surface area contributed by atoms with Gasteiger partial charge >= 0.3 is 0 Å². The van der Waals surface area contributed by atoms with E-state index < -0.39 is 0 Å². The van der Waals surface area contributed by atoms with Crippen molar-refractivity contribution in [2.75, 3.05) is 20.7 Å². The molecule has 0 aliphatic heterocycles. The topological polar surface area (TPSA) is 41.5 Å². The van der Waals surface area contributed by atoms with E-state index in [4.69, 9.17) is 4.74 Å². The second-order valence-corrected chi connectivity index (χ2v) is 2.82. The minimum absolute atomic E-state index is 0.205. The summed E-state index contributed by atoms with van der Waals surface area (Å²) in [5.74, 6) is 0.786. The third-order valence-electron chi connectivity index (χ3n) is 1.92. The highest BCUT2D eigenvalue weighted by atomic mass is 16.5. The minimum Gasteiger partial charge on any atom is -0.504 e. The number of hydrogen-bond donors (Lipinski definition) is 2. The van der Waals surface area contributed by atoms with Gasteiger partial charge in [-0.1, -0.05) is 12.1 Å². The van der Waals surface area contributed by atoms with E-state index in [1.807, 2.05) is 19.2 Å². The fourth-order valence-corrected chi connectivity index (χ4v) is 1.26. The number of ether oxygens (including phenoxy) is 1. The summed E-state index contributed by atoms with van der Waals surface area (Å²) < 4.78 is 5.10. The Morgan fingerprint density at radius 1 is 1.46 bits per heavy atom. The Kier molecular flexibility index (Phi) is 3.58. The maximum absolute atomic E-state index is 9.45. The van der Waals surface area contributed by atoms with Gasteiger partial charge in [0.25, 0.3) is 0 Å². The molecule has 0 amide bonds. The maximum Gasteiger partial charge on any atom is 0.163 e. The first-order valence-electron chi connectivity index (χ1n) is 4.29. The lowest BCUT2D eigenvalue weighted by molar-refractivity contribution is 0.369. The highest BCUT2D eigenvalue weighted by Crippen LogP contribution is 2.29. The molecule has 0 saturated carbocycles. The number of phenols is 1. The first kappa shape index (κ1) is 9.86. The van der Waals surface area contributed by atoms with Crippen LogP contribution in [0.3, 0.4) is 0 Å². The second-order valence-electron chi connectivity index (χ2n) is 2.82. The third kappa shape index (κ3) is 2.36. The summed E-state index contributed by atoms with van der Waals surface area (Å²) >= 11 is 0. The van der Waals surface area contributed by atoms with Gasteiger partial charge in [-0.05, 0) is 31.6 Å². The average Bonchev–Trinajstić information content (AvgIpc) is 2.15. The zero-order valence-corrected chi connectivity index (χ0v) is 8.00. The van der Waals surface area contributed by atoms with Crippen molar-refractivity contribution in [2.45, 2.75) is 6.42 Å². The molecule has 3 nitrogen and oxygen atoms in total. The molecule has 0 aliphatic rings. The smallest absolute Gasteiger partial charge is 0.163 e. The predicted octanol–water partition coefficient (Wildman–Crippen LogP) is 1.16. The zero-order valence-electron chi connectivity index (χ0n) is 8.00. The number of methoxy groups -OCH3 is 1. The lowest BCUT2D eigenvalue weighted by Crippen LogP contribution is -2.10. The Bertz CT molecular complexity index is 274. The normalized spacial score (nSPS) is 10.0. The number of rotatable bonds is 4. The molecule has 0 heterocycles. The van der Waals surface area contributed by atoms with Crippen molar-refractivity contribution in [3.63, 3.8) is 0 Å². The molecule has 1 aromatic rings. The number of hydrogen-bond acceptors (Lipinski definition) is 3. The van der Waals surface area contributed by atoms with Crippen molar-refractivity contribution in [2.24, 2.45) is 0 Å². The molecule has 0 aliphatic carbocycles. The number of nitrogens with one attached hydrogen (secondary N) is 1. The quantitative estimate of drug-likeness (QED) is 0.732. The second kappa shape index (κ2) is 4.72. The predicted molar refractivity (Wildman–Crippen MR) is 52.3 cm³/mol. The molecule has 2 N–H and O–H groups in total. The van der Waals surface area contributed by atoms with Gasteiger partial charge in [0.2, 0.25) is 0 Å². The van der Waals surface area contributed by atoms with E-state index in [1.165, 1.54) is 0 Å². The summed E-state index contributed by atoms with van der Waals surface area (Å²) in [6, 6.07) is 5.40. The van der Waals surface area contributed by atoms with Crippen molar-refractivity contribution in [1.82, 2.24) is 5.32 Å². The van der Waals surface area contributed by atoms with E-state index in [9.17, 15) is 5.11 Å². The highest BCUT2D eigenvalue weighted by molar-refractivity contribution is 5.45. The van der Waals surface area contributed by atoms with Gasteiger partial charge in [-0.2, -0.15) is 0 Å². The van der Waals surface area contributed by atoms with Crippen LogP contribution in [0.4, 0.5) is 0 Å².